The molecule has 3 heterocycles. The van der Waals surface area contributed by atoms with Crippen LogP contribution < -0.4 is 10.1 Å². The Morgan fingerprint density at radius 3 is 2.44 bits per heavy atom. The minimum atomic E-state index is 0.103. The van der Waals surface area contributed by atoms with Crippen LogP contribution in [0.5, 0.6) is 17.4 Å². The van der Waals surface area contributed by atoms with Gasteiger partial charge in [0.05, 0.1) is 5.69 Å². The fourth-order valence-corrected chi connectivity index (χ4v) is 4.28. The molecule has 1 aromatic heterocycles. The van der Waals surface area contributed by atoms with E-state index in [4.69, 9.17) is 4.74 Å². The fourth-order valence-electron chi connectivity index (χ4n) is 4.28. The standard InChI is InChI=1S/C21H21N3O3/c25-16-4-1-12-8-18(20(26)9-13(12)7-16)19-5-6-21(24-23-19)27-17-10-14-2-3-15(11-17)22-14/h1,4-9,14-15,17,22,25-26H,2-3,10-11H2/t14-,15?,17?/m1/s1. The number of hydrogen-bond acceptors (Lipinski definition) is 6. The van der Waals surface area contributed by atoms with Gasteiger partial charge in [0, 0.05) is 23.7 Å². The average Bonchev–Trinajstić information content (AvgIpc) is 3.00. The van der Waals surface area contributed by atoms with E-state index < -0.39 is 0 Å². The van der Waals surface area contributed by atoms with E-state index in [1.807, 2.05) is 24.3 Å². The van der Waals surface area contributed by atoms with Crippen molar-refractivity contribution in [3.63, 3.8) is 0 Å². The van der Waals surface area contributed by atoms with E-state index in [-0.39, 0.29) is 17.6 Å². The van der Waals surface area contributed by atoms with Crippen molar-refractivity contribution >= 4 is 10.8 Å². The van der Waals surface area contributed by atoms with Gasteiger partial charge in [0.25, 0.3) is 0 Å². The summed E-state index contributed by atoms with van der Waals surface area (Å²) in [6.07, 6.45) is 4.67. The zero-order chi connectivity index (χ0) is 18.4. The molecule has 0 spiro atoms. The Balaban J connectivity index is 1.37. The lowest BCUT2D eigenvalue weighted by molar-refractivity contribution is 0.130. The third-order valence-corrected chi connectivity index (χ3v) is 5.57. The van der Waals surface area contributed by atoms with Crippen molar-refractivity contribution in [2.24, 2.45) is 0 Å². The number of hydrogen-bond donors (Lipinski definition) is 3. The van der Waals surface area contributed by atoms with Crippen LogP contribution in [0.1, 0.15) is 25.7 Å². The summed E-state index contributed by atoms with van der Waals surface area (Å²) in [6.45, 7) is 0. The molecule has 6 nitrogen and oxygen atoms in total. The number of phenolic OH excluding ortho intramolecular Hbond substituents is 2. The summed E-state index contributed by atoms with van der Waals surface area (Å²) in [5.41, 5.74) is 1.19. The maximum Gasteiger partial charge on any atom is 0.233 e. The second kappa shape index (κ2) is 6.39. The van der Waals surface area contributed by atoms with E-state index in [0.29, 0.717) is 29.2 Å². The summed E-state index contributed by atoms with van der Waals surface area (Å²) in [5.74, 6) is 0.795. The molecule has 138 valence electrons. The van der Waals surface area contributed by atoms with Gasteiger partial charge < -0.3 is 20.3 Å². The van der Waals surface area contributed by atoms with Crippen LogP contribution in [-0.4, -0.2) is 38.6 Å². The molecule has 2 aromatic carbocycles. The summed E-state index contributed by atoms with van der Waals surface area (Å²) in [6, 6.07) is 13.3. The van der Waals surface area contributed by atoms with Gasteiger partial charge in [-0.05, 0) is 66.8 Å². The van der Waals surface area contributed by atoms with Crippen molar-refractivity contribution in [3.8, 4) is 28.6 Å². The summed E-state index contributed by atoms with van der Waals surface area (Å²) in [5, 5.41) is 33.7. The number of aromatic hydroxyl groups is 2. The smallest absolute Gasteiger partial charge is 0.233 e. The van der Waals surface area contributed by atoms with Crippen molar-refractivity contribution in [2.45, 2.75) is 43.9 Å². The van der Waals surface area contributed by atoms with Crippen LogP contribution in [0.25, 0.3) is 22.0 Å². The van der Waals surface area contributed by atoms with Gasteiger partial charge in [0.2, 0.25) is 5.88 Å². The molecule has 3 N–H and O–H groups in total. The van der Waals surface area contributed by atoms with Gasteiger partial charge in [-0.1, -0.05) is 6.07 Å². The number of ether oxygens (including phenoxy) is 1. The largest absolute Gasteiger partial charge is 0.508 e. The number of nitrogens with one attached hydrogen (secondary N) is 1. The van der Waals surface area contributed by atoms with Gasteiger partial charge in [-0.15, -0.1) is 10.2 Å². The highest BCUT2D eigenvalue weighted by Gasteiger charge is 2.34. The molecule has 0 aliphatic carbocycles. The Bertz CT molecular complexity index is 978. The minimum Gasteiger partial charge on any atom is -0.508 e. The van der Waals surface area contributed by atoms with E-state index >= 15 is 0 Å². The third kappa shape index (κ3) is 3.17. The molecule has 0 amide bonds. The Morgan fingerprint density at radius 1 is 0.889 bits per heavy atom. The van der Waals surface area contributed by atoms with Gasteiger partial charge in [-0.25, -0.2) is 0 Å². The summed E-state index contributed by atoms with van der Waals surface area (Å²) in [7, 11) is 0. The fraction of sp³-hybridized carbons (Fsp3) is 0.333. The maximum atomic E-state index is 10.4. The van der Waals surface area contributed by atoms with Gasteiger partial charge >= 0.3 is 0 Å². The van der Waals surface area contributed by atoms with Crippen LogP contribution >= 0.6 is 0 Å². The zero-order valence-electron chi connectivity index (χ0n) is 14.8. The molecule has 5 rings (SSSR count). The lowest BCUT2D eigenvalue weighted by atomic mass is 10.0. The summed E-state index contributed by atoms with van der Waals surface area (Å²) in [4.78, 5) is 0. The van der Waals surface area contributed by atoms with Crippen molar-refractivity contribution in [1.82, 2.24) is 15.5 Å². The molecule has 2 saturated heterocycles. The molecular formula is C21H21N3O3. The molecule has 2 unspecified atom stereocenters. The molecule has 0 radical (unpaired) electrons. The van der Waals surface area contributed by atoms with Crippen LogP contribution in [0.2, 0.25) is 0 Å². The van der Waals surface area contributed by atoms with E-state index in [2.05, 4.69) is 15.5 Å². The molecule has 27 heavy (non-hydrogen) atoms. The minimum absolute atomic E-state index is 0.103. The van der Waals surface area contributed by atoms with Crippen molar-refractivity contribution < 1.29 is 14.9 Å². The molecular weight excluding hydrogens is 342 g/mol. The highest BCUT2D eigenvalue weighted by Crippen LogP contribution is 2.34. The molecule has 2 aliphatic heterocycles. The predicted octanol–water partition coefficient (Wildman–Crippen LogP) is 3.37. The van der Waals surface area contributed by atoms with Crippen molar-refractivity contribution in [2.75, 3.05) is 0 Å². The normalized spacial score (nSPS) is 24.2. The average molecular weight is 363 g/mol. The summed E-state index contributed by atoms with van der Waals surface area (Å²) >= 11 is 0. The molecule has 2 aliphatic rings. The predicted molar refractivity (Wildman–Crippen MR) is 102 cm³/mol. The van der Waals surface area contributed by atoms with E-state index in [0.717, 1.165) is 23.6 Å². The molecule has 2 fully saturated rings. The first-order valence-electron chi connectivity index (χ1n) is 9.36. The molecule has 3 atom stereocenters. The van der Waals surface area contributed by atoms with Gasteiger partial charge in [0.15, 0.2) is 0 Å². The van der Waals surface area contributed by atoms with Crippen LogP contribution in [0, 0.1) is 0 Å². The number of aromatic nitrogens is 2. The monoisotopic (exact) mass is 363 g/mol. The molecule has 3 aromatic rings. The first-order chi connectivity index (χ1) is 13.1. The highest BCUT2D eigenvalue weighted by molar-refractivity contribution is 5.90. The van der Waals surface area contributed by atoms with Gasteiger partial charge in [-0.3, -0.25) is 0 Å². The van der Waals surface area contributed by atoms with Crippen LogP contribution in [0.15, 0.2) is 42.5 Å². The lowest BCUT2D eigenvalue weighted by Crippen LogP contribution is -2.42. The lowest BCUT2D eigenvalue weighted by Gasteiger charge is -2.28. The molecule has 2 bridgehead atoms. The number of phenols is 2. The van der Waals surface area contributed by atoms with Gasteiger partial charge in [-0.2, -0.15) is 0 Å². The summed E-state index contributed by atoms with van der Waals surface area (Å²) < 4.78 is 6.04. The zero-order valence-corrected chi connectivity index (χ0v) is 14.8. The number of piperidine rings is 1. The topological polar surface area (TPSA) is 87.5 Å². The third-order valence-electron chi connectivity index (χ3n) is 5.57. The van der Waals surface area contributed by atoms with Crippen LogP contribution in [0.4, 0.5) is 0 Å². The van der Waals surface area contributed by atoms with E-state index in [9.17, 15) is 10.2 Å². The van der Waals surface area contributed by atoms with E-state index in [1.54, 1.807) is 18.2 Å². The first kappa shape index (κ1) is 16.3. The SMILES string of the molecule is Oc1ccc2cc(-c3ccc(OC4CC5CC[C@H](C4)N5)nn3)c(O)cc2c1. The Hall–Kier alpha value is -2.86. The first-order valence-corrected chi connectivity index (χ1v) is 9.36. The number of benzene rings is 2. The Morgan fingerprint density at radius 2 is 1.70 bits per heavy atom. The number of nitrogens with zero attached hydrogens (tertiary/aromatic N) is 2. The maximum absolute atomic E-state index is 10.4. The Labute approximate surface area is 156 Å². The molecule has 6 heteroatoms. The quantitative estimate of drug-likeness (QED) is 0.661. The van der Waals surface area contributed by atoms with E-state index in [1.165, 1.54) is 12.8 Å². The van der Waals surface area contributed by atoms with Crippen molar-refractivity contribution in [1.29, 1.82) is 0 Å². The highest BCUT2D eigenvalue weighted by atomic mass is 16.5. The number of fused-ring (bicyclic) bond motifs is 3. The second-order valence-electron chi connectivity index (χ2n) is 7.51. The van der Waals surface area contributed by atoms with Crippen LogP contribution in [0.3, 0.4) is 0 Å². The molecule has 0 saturated carbocycles. The van der Waals surface area contributed by atoms with Gasteiger partial charge in [0.1, 0.15) is 17.6 Å². The Kier molecular flexibility index (Phi) is 3.86. The number of rotatable bonds is 3. The van der Waals surface area contributed by atoms with Crippen molar-refractivity contribution in [3.05, 3.63) is 42.5 Å². The second-order valence-corrected chi connectivity index (χ2v) is 7.51. The van der Waals surface area contributed by atoms with Crippen LogP contribution in [-0.2, 0) is 0 Å².